The molecule has 0 amide bonds. The fraction of sp³-hybridized carbons (Fsp3) is 0.320. The molecule has 4 aliphatic rings. The smallest absolute Gasteiger partial charge is 0.317 e. The van der Waals surface area contributed by atoms with Crippen molar-refractivity contribution in [2.24, 2.45) is 29.6 Å². The number of benzene rings is 2. The zero-order valence-corrected chi connectivity index (χ0v) is 19.8. The monoisotopic (exact) mass is 493 g/mol. The molecule has 7 atom stereocenters. The van der Waals surface area contributed by atoms with Crippen LogP contribution in [0, 0.1) is 33.5 Å². The zero-order valence-electron chi connectivity index (χ0n) is 17.3. The minimum Gasteiger partial charge on any atom is -0.457 e. The molecule has 166 valence electrons. The van der Waals surface area contributed by atoms with Crippen LogP contribution >= 0.6 is 35.3 Å². The number of fused-ring (bicyclic) bond motifs is 9. The number of thiazole rings is 1. The molecule has 2 aromatic carbocycles. The lowest BCUT2D eigenvalue weighted by Crippen LogP contribution is -2.42. The van der Waals surface area contributed by atoms with Gasteiger partial charge >= 0.3 is 11.9 Å². The van der Waals surface area contributed by atoms with E-state index in [-0.39, 0.29) is 52.7 Å². The van der Waals surface area contributed by atoms with E-state index in [1.54, 1.807) is 23.1 Å². The van der Waals surface area contributed by atoms with Crippen molar-refractivity contribution in [3.8, 4) is 11.5 Å². The van der Waals surface area contributed by atoms with E-state index < -0.39 is 0 Å². The van der Waals surface area contributed by atoms with Crippen molar-refractivity contribution in [3.63, 3.8) is 0 Å². The molecule has 3 heterocycles. The summed E-state index contributed by atoms with van der Waals surface area (Å²) < 4.78 is 12.0. The third kappa shape index (κ3) is 2.93. The van der Waals surface area contributed by atoms with E-state index in [0.29, 0.717) is 0 Å². The second-order valence-electron chi connectivity index (χ2n) is 9.19. The topological polar surface area (TPSA) is 68.4 Å². The first-order chi connectivity index (χ1) is 16.1. The van der Waals surface area contributed by atoms with E-state index in [2.05, 4.69) is 17.1 Å². The number of carbonyl (C=O) groups excluding carboxylic acids is 2. The molecular weight excluding hydrogens is 474 g/mol. The molecule has 2 bridgehead atoms. The van der Waals surface area contributed by atoms with Gasteiger partial charge in [0.15, 0.2) is 3.95 Å². The Morgan fingerprint density at radius 1 is 0.970 bits per heavy atom. The Morgan fingerprint density at radius 2 is 1.73 bits per heavy atom. The molecule has 7 rings (SSSR count). The van der Waals surface area contributed by atoms with Gasteiger partial charge in [0.1, 0.15) is 11.5 Å². The molecule has 8 heteroatoms. The van der Waals surface area contributed by atoms with Gasteiger partial charge < -0.3 is 14.5 Å². The van der Waals surface area contributed by atoms with Crippen molar-refractivity contribution in [3.05, 3.63) is 69.0 Å². The van der Waals surface area contributed by atoms with E-state index >= 15 is 0 Å². The lowest BCUT2D eigenvalue weighted by molar-refractivity contribution is -0.154. The first kappa shape index (κ1) is 20.0. The van der Waals surface area contributed by atoms with Crippen molar-refractivity contribution < 1.29 is 19.1 Å². The van der Waals surface area contributed by atoms with Crippen LogP contribution in [0.4, 0.5) is 0 Å². The number of thioether (sulfide) groups is 1. The van der Waals surface area contributed by atoms with Crippen molar-refractivity contribution in [1.82, 2.24) is 4.98 Å². The van der Waals surface area contributed by atoms with Crippen LogP contribution in [-0.2, 0) is 14.3 Å². The van der Waals surface area contributed by atoms with Gasteiger partial charge in [0, 0.05) is 16.0 Å². The highest BCUT2D eigenvalue weighted by Gasteiger charge is 2.69. The summed E-state index contributed by atoms with van der Waals surface area (Å²) in [4.78, 5) is 29.7. The minimum atomic E-state index is -0.326. The summed E-state index contributed by atoms with van der Waals surface area (Å²) in [6, 6.07) is 18.0. The Bertz CT molecular complexity index is 1350. The fourth-order valence-electron chi connectivity index (χ4n) is 6.58. The number of nitrogens with one attached hydrogen (secondary N) is 1. The van der Waals surface area contributed by atoms with Crippen LogP contribution in [0.3, 0.4) is 0 Å². The van der Waals surface area contributed by atoms with Gasteiger partial charge in [-0.3, -0.25) is 9.59 Å². The van der Waals surface area contributed by atoms with Crippen LogP contribution in [0.1, 0.15) is 22.8 Å². The highest BCUT2D eigenvalue weighted by molar-refractivity contribution is 8.00. The van der Waals surface area contributed by atoms with Crippen LogP contribution < -0.4 is 4.74 Å². The minimum absolute atomic E-state index is 0.1000. The molecule has 2 aliphatic heterocycles. The van der Waals surface area contributed by atoms with E-state index in [1.165, 1.54) is 4.88 Å². The van der Waals surface area contributed by atoms with Crippen LogP contribution in [0.5, 0.6) is 11.5 Å². The molecular formula is C25H19NO4S3. The second kappa shape index (κ2) is 7.29. The SMILES string of the molecule is O=C1OC(=O)C2C3CC(C4Sc5[nH]c(=S)sc5C(c5cccc(Oc6ccccc6)c5)C34)C12. The number of hydrogen-bond donors (Lipinski definition) is 1. The van der Waals surface area contributed by atoms with Crippen molar-refractivity contribution in [2.45, 2.75) is 22.6 Å². The maximum Gasteiger partial charge on any atom is 0.317 e. The largest absolute Gasteiger partial charge is 0.457 e. The van der Waals surface area contributed by atoms with Gasteiger partial charge in [-0.25, -0.2) is 0 Å². The Balaban J connectivity index is 1.32. The fourth-order valence-corrected chi connectivity index (χ4v) is 9.92. The number of hydrogen-bond acceptors (Lipinski definition) is 7. The number of carbonyl (C=O) groups is 2. The number of para-hydroxylation sites is 1. The Hall–Kier alpha value is -2.42. The summed E-state index contributed by atoms with van der Waals surface area (Å²) in [6.45, 7) is 0. The van der Waals surface area contributed by atoms with E-state index in [4.69, 9.17) is 21.7 Å². The summed E-state index contributed by atoms with van der Waals surface area (Å²) in [5.41, 5.74) is 1.16. The average Bonchev–Trinajstić information content (AvgIpc) is 3.54. The first-order valence-electron chi connectivity index (χ1n) is 11.1. The molecule has 0 spiro atoms. The number of ether oxygens (including phenoxy) is 2. The van der Waals surface area contributed by atoms with Crippen LogP contribution in [0.15, 0.2) is 59.6 Å². The van der Waals surface area contributed by atoms with Crippen molar-refractivity contribution in [1.29, 1.82) is 0 Å². The summed E-state index contributed by atoms with van der Waals surface area (Å²) in [5, 5.41) is 1.36. The molecule has 5 nitrogen and oxygen atoms in total. The number of H-pyrrole nitrogens is 1. The second-order valence-corrected chi connectivity index (χ2v) is 12.1. The summed E-state index contributed by atoms with van der Waals surface area (Å²) in [7, 11) is 0. The summed E-state index contributed by atoms with van der Waals surface area (Å²) in [6.07, 6.45) is 0.908. The average molecular weight is 494 g/mol. The quantitative estimate of drug-likeness (QED) is 0.283. The van der Waals surface area contributed by atoms with Crippen LogP contribution in [0.25, 0.3) is 0 Å². The van der Waals surface area contributed by atoms with E-state index in [9.17, 15) is 9.59 Å². The predicted molar refractivity (Wildman–Crippen MR) is 127 cm³/mol. The lowest BCUT2D eigenvalue weighted by atomic mass is 9.68. The van der Waals surface area contributed by atoms with Crippen molar-refractivity contribution >= 4 is 47.3 Å². The normalized spacial score (nSPS) is 33.4. The lowest BCUT2D eigenvalue weighted by Gasteiger charge is -2.42. The van der Waals surface area contributed by atoms with Gasteiger partial charge in [0.2, 0.25) is 0 Å². The third-order valence-corrected chi connectivity index (χ3v) is 10.6. The molecule has 1 aromatic heterocycles. The van der Waals surface area contributed by atoms with Gasteiger partial charge in [-0.05, 0) is 66.2 Å². The molecule has 2 aliphatic carbocycles. The number of cyclic esters (lactones) is 2. The molecule has 0 radical (unpaired) electrons. The highest BCUT2D eigenvalue weighted by Crippen LogP contribution is 2.68. The molecule has 2 saturated carbocycles. The summed E-state index contributed by atoms with van der Waals surface area (Å²) >= 11 is 8.94. The molecule has 7 unspecified atom stereocenters. The van der Waals surface area contributed by atoms with Gasteiger partial charge in [-0.2, -0.15) is 0 Å². The van der Waals surface area contributed by atoms with Gasteiger partial charge in [-0.1, -0.05) is 30.3 Å². The third-order valence-electron chi connectivity index (χ3n) is 7.65. The number of aromatic nitrogens is 1. The summed E-state index contributed by atoms with van der Waals surface area (Å²) in [5.74, 6) is 0.994. The van der Waals surface area contributed by atoms with Gasteiger partial charge in [0.05, 0.1) is 16.9 Å². The van der Waals surface area contributed by atoms with E-state index in [1.807, 2.05) is 42.5 Å². The molecule has 3 fully saturated rings. The number of esters is 2. The maximum atomic E-state index is 12.6. The molecule has 1 N–H and O–H groups in total. The van der Waals surface area contributed by atoms with Crippen LogP contribution in [0.2, 0.25) is 0 Å². The highest BCUT2D eigenvalue weighted by atomic mass is 32.2. The Labute approximate surface area is 203 Å². The standard InChI is InChI=1S/C25H19NO4S3/c27-23-18-14-10-15(19(18)24(28)30-23)20-17(14)16(21-22(32-20)26-25(31)33-21)11-5-4-8-13(9-11)29-12-6-2-1-3-7-12/h1-9,14-20H,10H2,(H,26,31). The van der Waals surface area contributed by atoms with Gasteiger partial charge in [0.25, 0.3) is 0 Å². The molecule has 1 saturated heterocycles. The zero-order chi connectivity index (χ0) is 22.3. The first-order valence-corrected chi connectivity index (χ1v) is 13.2. The Kier molecular flexibility index (Phi) is 4.42. The molecule has 3 aromatic rings. The molecule has 33 heavy (non-hydrogen) atoms. The van der Waals surface area contributed by atoms with Crippen LogP contribution in [-0.4, -0.2) is 22.2 Å². The maximum absolute atomic E-state index is 12.6. The number of aromatic amines is 1. The predicted octanol–water partition coefficient (Wildman–Crippen LogP) is 5.79. The Morgan fingerprint density at radius 3 is 2.55 bits per heavy atom. The van der Waals surface area contributed by atoms with Crippen molar-refractivity contribution in [2.75, 3.05) is 0 Å². The van der Waals surface area contributed by atoms with E-state index in [0.717, 1.165) is 32.5 Å². The number of rotatable bonds is 3. The van der Waals surface area contributed by atoms with Gasteiger partial charge in [-0.15, -0.1) is 23.1 Å².